The van der Waals surface area contributed by atoms with Gasteiger partial charge in [0, 0.05) is 50.6 Å². The monoisotopic (exact) mass is 401 g/mol. The third kappa shape index (κ3) is 4.20. The van der Waals surface area contributed by atoms with Crippen molar-refractivity contribution < 1.29 is 19.1 Å². The molecule has 0 radical (unpaired) electrons. The predicted molar refractivity (Wildman–Crippen MR) is 110 cm³/mol. The molecule has 4 rings (SSSR count). The topological polar surface area (TPSA) is 71.1 Å². The fourth-order valence-corrected chi connectivity index (χ4v) is 4.72. The highest BCUT2D eigenvalue weighted by Crippen LogP contribution is 2.44. The minimum atomic E-state index is -0.521. The zero-order valence-corrected chi connectivity index (χ0v) is 17.6. The second-order valence-corrected chi connectivity index (χ2v) is 9.29. The van der Waals surface area contributed by atoms with Crippen molar-refractivity contribution in [2.24, 2.45) is 0 Å². The Morgan fingerprint density at radius 3 is 2.45 bits per heavy atom. The lowest BCUT2D eigenvalue weighted by Gasteiger charge is -2.47. The Labute approximate surface area is 172 Å². The highest BCUT2D eigenvalue weighted by molar-refractivity contribution is 5.88. The Morgan fingerprint density at radius 1 is 1.14 bits per heavy atom. The number of anilines is 1. The van der Waals surface area contributed by atoms with Crippen molar-refractivity contribution >= 4 is 17.9 Å². The molecule has 0 saturated carbocycles. The molecular weight excluding hydrogens is 370 g/mol. The number of amides is 2. The summed E-state index contributed by atoms with van der Waals surface area (Å²) in [6.07, 6.45) is 2.91. The number of nitrogens with one attached hydrogen (secondary N) is 1. The molecule has 0 aromatic heterocycles. The molecule has 0 atom stereocenters. The number of piperidine rings is 2. The van der Waals surface area contributed by atoms with E-state index in [0.29, 0.717) is 6.04 Å². The third-order valence-electron chi connectivity index (χ3n) is 6.18. The zero-order valence-electron chi connectivity index (χ0n) is 17.6. The molecule has 1 N–H and O–H groups in total. The highest BCUT2D eigenvalue weighted by atomic mass is 16.6. The van der Waals surface area contributed by atoms with Gasteiger partial charge in [-0.25, -0.2) is 9.59 Å². The van der Waals surface area contributed by atoms with Crippen molar-refractivity contribution in [3.8, 4) is 0 Å². The lowest BCUT2D eigenvalue weighted by atomic mass is 9.81. The van der Waals surface area contributed by atoms with E-state index in [1.54, 1.807) is 0 Å². The summed E-state index contributed by atoms with van der Waals surface area (Å²) in [4.78, 5) is 28.7. The SMILES string of the molecule is CC(C)(C)OC(=O)N1CCC(N2CCC3(CC2)OC(=O)Nc2ccccc23)CC1. The summed E-state index contributed by atoms with van der Waals surface area (Å²) in [5, 5.41) is 2.81. The van der Waals surface area contributed by atoms with E-state index in [0.717, 1.165) is 63.1 Å². The molecule has 3 aliphatic rings. The number of likely N-dealkylation sites (tertiary alicyclic amines) is 2. The average Bonchev–Trinajstić information content (AvgIpc) is 2.67. The Hall–Kier alpha value is -2.28. The van der Waals surface area contributed by atoms with Crippen LogP contribution in [0.15, 0.2) is 24.3 Å². The van der Waals surface area contributed by atoms with Crippen LogP contribution in [-0.2, 0) is 15.1 Å². The van der Waals surface area contributed by atoms with Crippen LogP contribution in [0.1, 0.15) is 52.0 Å². The van der Waals surface area contributed by atoms with Gasteiger partial charge in [0.25, 0.3) is 0 Å². The van der Waals surface area contributed by atoms with Gasteiger partial charge >= 0.3 is 12.2 Å². The van der Waals surface area contributed by atoms with Gasteiger partial charge in [-0.05, 0) is 39.7 Å². The molecule has 2 fully saturated rings. The van der Waals surface area contributed by atoms with E-state index in [-0.39, 0.29) is 12.2 Å². The molecule has 0 bridgehead atoms. The van der Waals surface area contributed by atoms with Crippen molar-refractivity contribution in [1.82, 2.24) is 9.80 Å². The van der Waals surface area contributed by atoms with Crippen LogP contribution < -0.4 is 5.32 Å². The second-order valence-electron chi connectivity index (χ2n) is 9.29. The van der Waals surface area contributed by atoms with Crippen molar-refractivity contribution in [3.05, 3.63) is 29.8 Å². The zero-order chi connectivity index (χ0) is 20.6. The number of rotatable bonds is 1. The molecule has 7 nitrogen and oxygen atoms in total. The number of fused-ring (bicyclic) bond motifs is 2. The molecule has 0 aliphatic carbocycles. The van der Waals surface area contributed by atoms with Gasteiger partial charge in [0.15, 0.2) is 0 Å². The van der Waals surface area contributed by atoms with Crippen LogP contribution in [0, 0.1) is 0 Å². The number of para-hydroxylation sites is 1. The lowest BCUT2D eigenvalue weighted by Crippen LogP contribution is -2.53. The van der Waals surface area contributed by atoms with Crippen LogP contribution in [0.3, 0.4) is 0 Å². The van der Waals surface area contributed by atoms with E-state index in [1.165, 1.54) is 0 Å². The fourth-order valence-electron chi connectivity index (χ4n) is 4.72. The summed E-state index contributed by atoms with van der Waals surface area (Å²) in [5.41, 5.74) is 0.964. The Bertz CT molecular complexity index is 773. The van der Waals surface area contributed by atoms with E-state index in [9.17, 15) is 9.59 Å². The molecule has 2 saturated heterocycles. The van der Waals surface area contributed by atoms with Gasteiger partial charge in [-0.3, -0.25) is 10.2 Å². The van der Waals surface area contributed by atoms with Crippen LogP contribution in [-0.4, -0.2) is 59.8 Å². The quantitative estimate of drug-likeness (QED) is 0.772. The first-order valence-electron chi connectivity index (χ1n) is 10.6. The van der Waals surface area contributed by atoms with Crippen molar-refractivity contribution in [2.45, 2.75) is 63.7 Å². The average molecular weight is 402 g/mol. The Balaban J connectivity index is 1.35. The first-order chi connectivity index (χ1) is 13.8. The van der Waals surface area contributed by atoms with E-state index in [1.807, 2.05) is 43.9 Å². The summed E-state index contributed by atoms with van der Waals surface area (Å²) in [7, 11) is 0. The number of hydrogen-bond acceptors (Lipinski definition) is 5. The number of ether oxygens (including phenoxy) is 2. The lowest BCUT2D eigenvalue weighted by molar-refractivity contribution is -0.0512. The molecule has 0 unspecified atom stereocenters. The first kappa shape index (κ1) is 20.0. The molecule has 2 amide bonds. The fraction of sp³-hybridized carbons (Fsp3) is 0.636. The molecule has 7 heteroatoms. The van der Waals surface area contributed by atoms with E-state index < -0.39 is 11.2 Å². The highest BCUT2D eigenvalue weighted by Gasteiger charge is 2.45. The third-order valence-corrected chi connectivity index (χ3v) is 6.18. The first-order valence-corrected chi connectivity index (χ1v) is 10.6. The van der Waals surface area contributed by atoms with Gasteiger partial charge in [-0.15, -0.1) is 0 Å². The largest absolute Gasteiger partial charge is 0.444 e. The molecule has 1 aromatic rings. The van der Waals surface area contributed by atoms with Crippen molar-refractivity contribution in [2.75, 3.05) is 31.5 Å². The van der Waals surface area contributed by atoms with Crippen LogP contribution in [0.5, 0.6) is 0 Å². The summed E-state index contributed by atoms with van der Waals surface area (Å²) in [5.74, 6) is 0. The van der Waals surface area contributed by atoms with Gasteiger partial charge in [-0.1, -0.05) is 18.2 Å². The molecule has 3 heterocycles. The summed E-state index contributed by atoms with van der Waals surface area (Å²) < 4.78 is 11.3. The molecule has 29 heavy (non-hydrogen) atoms. The van der Waals surface area contributed by atoms with Gasteiger partial charge < -0.3 is 14.4 Å². The molecule has 3 aliphatic heterocycles. The summed E-state index contributed by atoms with van der Waals surface area (Å²) in [6, 6.07) is 8.39. The van der Waals surface area contributed by atoms with Crippen LogP contribution in [0.25, 0.3) is 0 Å². The Kier molecular flexibility index (Phi) is 5.19. The number of hydrogen-bond donors (Lipinski definition) is 1. The van der Waals surface area contributed by atoms with Crippen LogP contribution in [0.2, 0.25) is 0 Å². The van der Waals surface area contributed by atoms with E-state index in [4.69, 9.17) is 9.47 Å². The standard InChI is InChI=1S/C22H31N3O4/c1-21(2,3)29-20(27)25-12-8-16(9-13-25)24-14-10-22(11-15-24)17-6-4-5-7-18(17)23-19(26)28-22/h4-7,16H,8-15H2,1-3H3,(H,23,26). The van der Waals surface area contributed by atoms with Crippen LogP contribution >= 0.6 is 0 Å². The number of carbonyl (C=O) groups is 2. The molecular formula is C22H31N3O4. The smallest absolute Gasteiger partial charge is 0.412 e. The normalized spacial score (nSPS) is 22.6. The minimum absolute atomic E-state index is 0.216. The number of nitrogens with zero attached hydrogens (tertiary/aromatic N) is 2. The van der Waals surface area contributed by atoms with Gasteiger partial charge in [0.1, 0.15) is 11.2 Å². The maximum absolute atomic E-state index is 12.3. The molecule has 1 aromatic carbocycles. The van der Waals surface area contributed by atoms with Gasteiger partial charge in [-0.2, -0.15) is 0 Å². The van der Waals surface area contributed by atoms with E-state index >= 15 is 0 Å². The Morgan fingerprint density at radius 2 is 1.79 bits per heavy atom. The molecule has 1 spiro atoms. The van der Waals surface area contributed by atoms with Gasteiger partial charge in [0.05, 0.1) is 5.69 Å². The van der Waals surface area contributed by atoms with Crippen LogP contribution in [0.4, 0.5) is 15.3 Å². The number of benzene rings is 1. The van der Waals surface area contributed by atoms with E-state index in [2.05, 4.69) is 16.3 Å². The second kappa shape index (κ2) is 7.52. The van der Waals surface area contributed by atoms with Crippen molar-refractivity contribution in [3.63, 3.8) is 0 Å². The summed E-state index contributed by atoms with van der Waals surface area (Å²) >= 11 is 0. The van der Waals surface area contributed by atoms with Crippen molar-refractivity contribution in [1.29, 1.82) is 0 Å². The maximum Gasteiger partial charge on any atom is 0.412 e. The summed E-state index contributed by atoms with van der Waals surface area (Å²) in [6.45, 7) is 8.91. The maximum atomic E-state index is 12.3. The minimum Gasteiger partial charge on any atom is -0.444 e. The predicted octanol–water partition coefficient (Wildman–Crippen LogP) is 3.94. The molecule has 158 valence electrons. The number of carbonyl (C=O) groups excluding carboxylic acids is 2. The van der Waals surface area contributed by atoms with Gasteiger partial charge in [0.2, 0.25) is 0 Å².